The van der Waals surface area contributed by atoms with Crippen LogP contribution in [0.1, 0.15) is 22.5 Å². The van der Waals surface area contributed by atoms with Crippen molar-refractivity contribution in [3.8, 4) is 0 Å². The van der Waals surface area contributed by atoms with Crippen LogP contribution in [0.15, 0.2) is 53.4 Å². The molecular formula is C19H22N4O2S. The number of aromatic nitrogens is 2. The highest BCUT2D eigenvalue weighted by molar-refractivity contribution is 7.92. The zero-order chi connectivity index (χ0) is 18.7. The third-order valence-electron chi connectivity index (χ3n) is 4.21. The van der Waals surface area contributed by atoms with Crippen molar-refractivity contribution in [1.29, 1.82) is 0 Å². The lowest BCUT2D eigenvalue weighted by Gasteiger charge is -2.11. The van der Waals surface area contributed by atoms with Gasteiger partial charge in [-0.15, -0.1) is 0 Å². The van der Waals surface area contributed by atoms with E-state index in [9.17, 15) is 8.42 Å². The first kappa shape index (κ1) is 18.0. The molecule has 0 fully saturated rings. The van der Waals surface area contributed by atoms with E-state index in [2.05, 4.69) is 39.3 Å². The van der Waals surface area contributed by atoms with Gasteiger partial charge in [-0.3, -0.25) is 9.82 Å². The van der Waals surface area contributed by atoms with Gasteiger partial charge in [0.15, 0.2) is 0 Å². The summed E-state index contributed by atoms with van der Waals surface area (Å²) < 4.78 is 27.7. The minimum absolute atomic E-state index is 0.194. The van der Waals surface area contributed by atoms with Gasteiger partial charge in [-0.2, -0.15) is 5.10 Å². The highest BCUT2D eigenvalue weighted by atomic mass is 32.2. The van der Waals surface area contributed by atoms with Crippen LogP contribution in [0, 0.1) is 20.8 Å². The molecular weight excluding hydrogens is 348 g/mol. The fourth-order valence-corrected chi connectivity index (χ4v) is 4.24. The van der Waals surface area contributed by atoms with Gasteiger partial charge in [0.05, 0.1) is 11.4 Å². The van der Waals surface area contributed by atoms with E-state index in [0.29, 0.717) is 23.6 Å². The fraction of sp³-hybridized carbons (Fsp3) is 0.211. The molecule has 3 N–H and O–H groups in total. The summed E-state index contributed by atoms with van der Waals surface area (Å²) in [6.07, 6.45) is 0. The van der Waals surface area contributed by atoms with Crippen LogP contribution in [0.5, 0.6) is 0 Å². The number of anilines is 2. The molecule has 3 rings (SSSR count). The molecule has 0 aliphatic rings. The Labute approximate surface area is 153 Å². The first-order chi connectivity index (χ1) is 12.4. The zero-order valence-electron chi connectivity index (χ0n) is 15.0. The summed E-state index contributed by atoms with van der Waals surface area (Å²) in [6, 6.07) is 15.4. The summed E-state index contributed by atoms with van der Waals surface area (Å²) in [5.74, 6) is 0. The van der Waals surface area contributed by atoms with Gasteiger partial charge in [0.2, 0.25) is 0 Å². The molecule has 6 nitrogen and oxygen atoms in total. The van der Waals surface area contributed by atoms with E-state index < -0.39 is 10.0 Å². The van der Waals surface area contributed by atoms with Crippen molar-refractivity contribution in [3.63, 3.8) is 0 Å². The number of sulfonamides is 1. The first-order valence-electron chi connectivity index (χ1n) is 8.29. The second kappa shape index (κ2) is 7.21. The lowest BCUT2D eigenvalue weighted by molar-refractivity contribution is 0.600. The Morgan fingerprint density at radius 2 is 1.62 bits per heavy atom. The average molecular weight is 370 g/mol. The van der Waals surface area contributed by atoms with Crippen molar-refractivity contribution in [2.45, 2.75) is 32.2 Å². The maximum absolute atomic E-state index is 12.6. The van der Waals surface area contributed by atoms with Crippen LogP contribution in [0.2, 0.25) is 0 Å². The normalized spacial score (nSPS) is 11.3. The Morgan fingerprint density at radius 1 is 0.962 bits per heavy atom. The predicted octanol–water partition coefficient (Wildman–Crippen LogP) is 3.75. The monoisotopic (exact) mass is 370 g/mol. The summed E-state index contributed by atoms with van der Waals surface area (Å²) in [5.41, 5.74) is 4.86. The molecule has 0 atom stereocenters. The van der Waals surface area contributed by atoms with Crippen molar-refractivity contribution >= 4 is 21.4 Å². The number of hydrogen-bond donors (Lipinski definition) is 3. The van der Waals surface area contributed by atoms with E-state index in [-0.39, 0.29) is 4.90 Å². The second-order valence-corrected chi connectivity index (χ2v) is 7.85. The molecule has 0 saturated heterocycles. The van der Waals surface area contributed by atoms with Crippen LogP contribution in [0.4, 0.5) is 11.4 Å². The quantitative estimate of drug-likeness (QED) is 0.617. The van der Waals surface area contributed by atoms with E-state index in [1.54, 1.807) is 26.0 Å². The molecule has 3 aromatic rings. The van der Waals surface area contributed by atoms with Gasteiger partial charge >= 0.3 is 0 Å². The molecule has 0 saturated carbocycles. The van der Waals surface area contributed by atoms with Crippen molar-refractivity contribution in [2.75, 3.05) is 10.0 Å². The molecule has 0 radical (unpaired) electrons. The zero-order valence-corrected chi connectivity index (χ0v) is 15.8. The van der Waals surface area contributed by atoms with Crippen molar-refractivity contribution < 1.29 is 8.42 Å². The van der Waals surface area contributed by atoms with Crippen LogP contribution in [0.3, 0.4) is 0 Å². The van der Waals surface area contributed by atoms with E-state index >= 15 is 0 Å². The number of nitrogens with zero attached hydrogens (tertiary/aromatic N) is 1. The van der Waals surface area contributed by atoms with E-state index in [4.69, 9.17) is 0 Å². The maximum atomic E-state index is 12.6. The van der Waals surface area contributed by atoms with Crippen LogP contribution in [0.25, 0.3) is 0 Å². The molecule has 0 aliphatic carbocycles. The molecule has 2 aromatic carbocycles. The largest absolute Gasteiger partial charge is 0.381 e. The number of hydrogen-bond acceptors (Lipinski definition) is 4. The topological polar surface area (TPSA) is 86.9 Å². The van der Waals surface area contributed by atoms with Gasteiger partial charge in [0.25, 0.3) is 10.0 Å². The minimum atomic E-state index is -3.67. The lowest BCUT2D eigenvalue weighted by Crippen LogP contribution is -2.14. The van der Waals surface area contributed by atoms with E-state index in [1.165, 1.54) is 11.1 Å². The van der Waals surface area contributed by atoms with Gasteiger partial charge in [-0.25, -0.2) is 8.42 Å². The first-order valence-corrected chi connectivity index (χ1v) is 9.78. The number of nitrogens with one attached hydrogen (secondary N) is 3. The third kappa shape index (κ3) is 3.88. The molecule has 0 aliphatic heterocycles. The molecule has 1 heterocycles. The van der Waals surface area contributed by atoms with Crippen LogP contribution < -0.4 is 10.0 Å². The number of aryl methyl sites for hydroxylation is 3. The fourth-order valence-electron chi connectivity index (χ4n) is 2.80. The van der Waals surface area contributed by atoms with Gasteiger partial charge < -0.3 is 5.32 Å². The minimum Gasteiger partial charge on any atom is -0.381 e. The van der Waals surface area contributed by atoms with Crippen LogP contribution in [-0.2, 0) is 16.6 Å². The third-order valence-corrected chi connectivity index (χ3v) is 5.85. The molecule has 0 amide bonds. The summed E-state index contributed by atoms with van der Waals surface area (Å²) in [5, 5.41) is 9.99. The number of benzene rings is 2. The van der Waals surface area contributed by atoms with Crippen molar-refractivity contribution in [2.24, 2.45) is 0 Å². The van der Waals surface area contributed by atoms with E-state index in [1.807, 2.05) is 24.3 Å². The average Bonchev–Trinajstić information content (AvgIpc) is 2.94. The molecule has 0 bridgehead atoms. The van der Waals surface area contributed by atoms with Crippen LogP contribution in [-0.4, -0.2) is 18.6 Å². The summed E-state index contributed by atoms with van der Waals surface area (Å²) in [7, 11) is -3.67. The number of aromatic amines is 1. The Balaban J connectivity index is 1.69. The van der Waals surface area contributed by atoms with Crippen molar-refractivity contribution in [3.05, 3.63) is 71.0 Å². The van der Waals surface area contributed by atoms with Gasteiger partial charge in [-0.05, 0) is 56.2 Å². The van der Waals surface area contributed by atoms with Gasteiger partial charge in [0, 0.05) is 17.9 Å². The maximum Gasteiger partial charge on any atom is 0.265 e. The molecule has 1 aromatic heterocycles. The van der Waals surface area contributed by atoms with E-state index in [0.717, 1.165) is 5.69 Å². The standard InChI is InChI=1S/C19H22N4O2S/c1-13-6-4-5-7-16(13)12-20-17-8-10-18(11-9-17)23-26(24,25)19-14(2)21-22-15(19)3/h4-11,20,23H,12H2,1-3H3,(H,21,22). The second-order valence-electron chi connectivity index (χ2n) is 6.23. The van der Waals surface area contributed by atoms with Crippen molar-refractivity contribution in [1.82, 2.24) is 10.2 Å². The molecule has 136 valence electrons. The molecule has 0 unspecified atom stereocenters. The van der Waals surface area contributed by atoms with Crippen LogP contribution >= 0.6 is 0 Å². The molecule has 7 heteroatoms. The molecule has 0 spiro atoms. The Bertz CT molecular complexity index is 989. The SMILES string of the molecule is Cc1ccccc1CNc1ccc(NS(=O)(=O)c2c(C)n[nH]c2C)cc1. The number of H-pyrrole nitrogens is 1. The van der Waals surface area contributed by atoms with Gasteiger partial charge in [-0.1, -0.05) is 24.3 Å². The molecule has 26 heavy (non-hydrogen) atoms. The Kier molecular flexibility index (Phi) is 4.99. The smallest absolute Gasteiger partial charge is 0.265 e. The number of rotatable bonds is 6. The highest BCUT2D eigenvalue weighted by Gasteiger charge is 2.22. The summed E-state index contributed by atoms with van der Waals surface area (Å²) in [6.45, 7) is 6.14. The summed E-state index contributed by atoms with van der Waals surface area (Å²) in [4.78, 5) is 0.194. The Morgan fingerprint density at radius 3 is 2.23 bits per heavy atom. The highest BCUT2D eigenvalue weighted by Crippen LogP contribution is 2.22. The van der Waals surface area contributed by atoms with Gasteiger partial charge in [0.1, 0.15) is 4.90 Å². The summed E-state index contributed by atoms with van der Waals surface area (Å²) >= 11 is 0. The lowest BCUT2D eigenvalue weighted by atomic mass is 10.1. The Hall–Kier alpha value is -2.80. The predicted molar refractivity (Wildman–Crippen MR) is 104 cm³/mol.